The number of benzene rings is 3. The van der Waals surface area contributed by atoms with Crippen LogP contribution in [0.3, 0.4) is 0 Å². The molecule has 1 aromatic heterocycles. The minimum atomic E-state index is -4.35. The Labute approximate surface area is 222 Å². The molecule has 202 valence electrons. The van der Waals surface area contributed by atoms with Gasteiger partial charge in [-0.2, -0.15) is 18.4 Å². The molecule has 0 unspecified atom stereocenters. The molecule has 0 saturated carbocycles. The topological polar surface area (TPSA) is 93.2 Å². The summed E-state index contributed by atoms with van der Waals surface area (Å²) in [5, 5.41) is 13.9. The zero-order valence-corrected chi connectivity index (χ0v) is 20.9. The van der Waals surface area contributed by atoms with Gasteiger partial charge in [0.05, 0.1) is 5.56 Å². The van der Waals surface area contributed by atoms with Crippen LogP contribution in [0.25, 0.3) is 0 Å². The molecule has 0 spiro atoms. The molecule has 0 bridgehead atoms. The Morgan fingerprint density at radius 1 is 0.846 bits per heavy atom. The van der Waals surface area contributed by atoms with Crippen LogP contribution in [-0.2, 0) is 19.0 Å². The van der Waals surface area contributed by atoms with E-state index in [-0.39, 0.29) is 6.10 Å². The maximum absolute atomic E-state index is 12.7. The predicted molar refractivity (Wildman–Crippen MR) is 135 cm³/mol. The maximum Gasteiger partial charge on any atom is 0.416 e. The number of nitrogens with one attached hydrogen (secondary N) is 1. The Kier molecular flexibility index (Phi) is 7.76. The minimum absolute atomic E-state index is 0.00147. The smallest absolute Gasteiger partial charge is 0.416 e. The number of carbonyl (C=O) groups is 1. The number of halogens is 3. The van der Waals surface area contributed by atoms with Crippen LogP contribution in [0, 0.1) is 0 Å². The molecule has 5 rings (SSSR count). The van der Waals surface area contributed by atoms with Gasteiger partial charge in [0.1, 0.15) is 17.6 Å². The quantitative estimate of drug-likeness (QED) is 0.337. The van der Waals surface area contributed by atoms with Crippen LogP contribution in [0.15, 0.2) is 72.8 Å². The van der Waals surface area contributed by atoms with Crippen molar-refractivity contribution in [3.05, 3.63) is 101 Å². The second-order valence-electron chi connectivity index (χ2n) is 9.34. The molecule has 0 aliphatic carbocycles. The average Bonchev–Trinajstić information content (AvgIpc) is 3.44. The minimum Gasteiger partial charge on any atom is -0.490 e. The number of amides is 1. The fraction of sp³-hybridized carbons (Fsp3) is 0.286. The molecule has 0 atom stereocenters. The first-order chi connectivity index (χ1) is 18.8. The number of ether oxygens (including phenoxy) is 2. The number of tetrazole rings is 1. The first-order valence-electron chi connectivity index (χ1n) is 12.5. The fourth-order valence-corrected chi connectivity index (χ4v) is 4.36. The van der Waals surface area contributed by atoms with Gasteiger partial charge in [0, 0.05) is 32.4 Å². The summed E-state index contributed by atoms with van der Waals surface area (Å²) >= 11 is 0. The third kappa shape index (κ3) is 7.13. The molecule has 1 amide bonds. The van der Waals surface area contributed by atoms with E-state index < -0.39 is 17.8 Å². The van der Waals surface area contributed by atoms with Crippen molar-refractivity contribution in [2.45, 2.75) is 38.0 Å². The normalized spacial score (nSPS) is 14.3. The van der Waals surface area contributed by atoms with Crippen molar-refractivity contribution < 1.29 is 27.4 Å². The number of piperidine rings is 1. The lowest BCUT2D eigenvalue weighted by Crippen LogP contribution is -2.43. The van der Waals surface area contributed by atoms with Gasteiger partial charge in [-0.3, -0.25) is 0 Å². The SMILES string of the molecule is O=C(Oc1ccc(Cc2ccc(C(F)(F)F)cc2)cc1)N1CCC(Oc2ccc(Cc3nn[nH]n3)cc2)CC1. The van der Waals surface area contributed by atoms with E-state index in [1.165, 1.54) is 12.1 Å². The zero-order chi connectivity index (χ0) is 27.2. The number of hydrogen-bond donors (Lipinski definition) is 1. The lowest BCUT2D eigenvalue weighted by Gasteiger charge is -2.31. The number of H-pyrrole nitrogens is 1. The van der Waals surface area contributed by atoms with Crippen molar-refractivity contribution in [2.75, 3.05) is 13.1 Å². The van der Waals surface area contributed by atoms with E-state index in [4.69, 9.17) is 9.47 Å². The van der Waals surface area contributed by atoms with Gasteiger partial charge < -0.3 is 14.4 Å². The molecule has 2 heterocycles. The van der Waals surface area contributed by atoms with E-state index in [1.807, 2.05) is 24.3 Å². The molecular formula is C28H26F3N5O3. The highest BCUT2D eigenvalue weighted by atomic mass is 19.4. The van der Waals surface area contributed by atoms with Crippen molar-refractivity contribution >= 4 is 6.09 Å². The predicted octanol–water partition coefficient (Wildman–Crippen LogP) is 5.44. The highest BCUT2D eigenvalue weighted by molar-refractivity contribution is 5.70. The second-order valence-corrected chi connectivity index (χ2v) is 9.34. The average molecular weight is 538 g/mol. The summed E-state index contributed by atoms with van der Waals surface area (Å²) in [6.07, 6.45) is -2.34. The number of likely N-dealkylation sites (tertiary alicyclic amines) is 1. The lowest BCUT2D eigenvalue weighted by atomic mass is 10.0. The summed E-state index contributed by atoms with van der Waals surface area (Å²) in [5.41, 5.74) is 2.04. The largest absolute Gasteiger partial charge is 0.490 e. The molecule has 1 fully saturated rings. The maximum atomic E-state index is 12.7. The van der Waals surface area contributed by atoms with E-state index in [1.54, 1.807) is 29.2 Å². The van der Waals surface area contributed by atoms with E-state index in [0.717, 1.165) is 34.6 Å². The van der Waals surface area contributed by atoms with Gasteiger partial charge >= 0.3 is 12.3 Å². The number of alkyl halides is 3. The molecular weight excluding hydrogens is 511 g/mol. The van der Waals surface area contributed by atoms with Crippen LogP contribution in [-0.4, -0.2) is 50.8 Å². The van der Waals surface area contributed by atoms with E-state index >= 15 is 0 Å². The molecule has 8 nitrogen and oxygen atoms in total. The second kappa shape index (κ2) is 11.5. The molecule has 1 saturated heterocycles. The van der Waals surface area contributed by atoms with Gasteiger partial charge in [-0.05, 0) is 59.5 Å². The summed E-state index contributed by atoms with van der Waals surface area (Å²) in [6.45, 7) is 1.04. The Bertz CT molecular complexity index is 1350. The fourth-order valence-electron chi connectivity index (χ4n) is 4.36. The molecule has 4 aromatic rings. The van der Waals surface area contributed by atoms with Crippen molar-refractivity contribution in [2.24, 2.45) is 0 Å². The van der Waals surface area contributed by atoms with Crippen molar-refractivity contribution in [1.29, 1.82) is 0 Å². The van der Waals surface area contributed by atoms with E-state index in [0.29, 0.717) is 50.3 Å². The summed E-state index contributed by atoms with van der Waals surface area (Å²) in [7, 11) is 0. The van der Waals surface area contributed by atoms with E-state index in [2.05, 4.69) is 20.6 Å². The van der Waals surface area contributed by atoms with E-state index in [9.17, 15) is 18.0 Å². The van der Waals surface area contributed by atoms with Crippen molar-refractivity contribution in [3.8, 4) is 11.5 Å². The lowest BCUT2D eigenvalue weighted by molar-refractivity contribution is -0.137. The number of hydrogen-bond acceptors (Lipinski definition) is 6. The number of rotatable bonds is 7. The van der Waals surface area contributed by atoms with Crippen LogP contribution < -0.4 is 9.47 Å². The number of carbonyl (C=O) groups excluding carboxylic acids is 1. The first-order valence-corrected chi connectivity index (χ1v) is 12.5. The van der Waals surface area contributed by atoms with Crippen LogP contribution in [0.1, 0.15) is 40.9 Å². The van der Waals surface area contributed by atoms with Crippen molar-refractivity contribution in [3.63, 3.8) is 0 Å². The monoisotopic (exact) mass is 537 g/mol. The van der Waals surface area contributed by atoms with Gasteiger partial charge in [0.25, 0.3) is 0 Å². The number of aromatic amines is 1. The Morgan fingerprint density at radius 3 is 1.97 bits per heavy atom. The molecule has 11 heteroatoms. The molecule has 1 aliphatic rings. The third-order valence-electron chi connectivity index (χ3n) is 6.50. The Morgan fingerprint density at radius 2 is 1.41 bits per heavy atom. The van der Waals surface area contributed by atoms with Gasteiger partial charge in [0.15, 0.2) is 5.82 Å². The zero-order valence-electron chi connectivity index (χ0n) is 20.9. The number of aromatic nitrogens is 4. The van der Waals surface area contributed by atoms with Crippen LogP contribution >= 0.6 is 0 Å². The van der Waals surface area contributed by atoms with Gasteiger partial charge in [-0.1, -0.05) is 41.6 Å². The van der Waals surface area contributed by atoms with Crippen molar-refractivity contribution in [1.82, 2.24) is 25.5 Å². The summed E-state index contributed by atoms with van der Waals surface area (Å²) in [5.74, 6) is 1.80. The molecule has 0 radical (unpaired) electrons. The standard InChI is InChI=1S/C28H26F3N5O3/c29-28(30,31)22-7-1-19(2-8-22)17-20-3-11-24(12-4-20)39-27(37)36-15-13-25(14-16-36)38-23-9-5-21(6-10-23)18-26-32-34-35-33-26/h1-12,25H,13-18H2,(H,32,33,34,35). The molecule has 1 aliphatic heterocycles. The highest BCUT2D eigenvalue weighted by Gasteiger charge is 2.30. The van der Waals surface area contributed by atoms with Gasteiger partial charge in [-0.15, -0.1) is 10.2 Å². The van der Waals surface area contributed by atoms with Gasteiger partial charge in [0.2, 0.25) is 0 Å². The van der Waals surface area contributed by atoms with Crippen LogP contribution in [0.5, 0.6) is 11.5 Å². The molecule has 3 aromatic carbocycles. The molecule has 1 N–H and O–H groups in total. The van der Waals surface area contributed by atoms with Gasteiger partial charge in [-0.25, -0.2) is 4.79 Å². The summed E-state index contributed by atoms with van der Waals surface area (Å²) in [4.78, 5) is 14.3. The Balaban J connectivity index is 1.06. The molecule has 39 heavy (non-hydrogen) atoms. The van der Waals surface area contributed by atoms with Crippen LogP contribution in [0.2, 0.25) is 0 Å². The Hall–Kier alpha value is -4.41. The summed E-state index contributed by atoms with van der Waals surface area (Å²) < 4.78 is 49.8. The number of nitrogens with zero attached hydrogens (tertiary/aromatic N) is 4. The third-order valence-corrected chi connectivity index (χ3v) is 6.50. The summed E-state index contributed by atoms with van der Waals surface area (Å²) in [6, 6.07) is 19.8. The van der Waals surface area contributed by atoms with Crippen LogP contribution in [0.4, 0.5) is 18.0 Å². The first kappa shape index (κ1) is 26.2. The highest BCUT2D eigenvalue weighted by Crippen LogP contribution is 2.29.